The second kappa shape index (κ2) is 7.47. The molecule has 0 radical (unpaired) electrons. The van der Waals surface area contributed by atoms with Crippen LogP contribution in [0, 0.1) is 17.5 Å². The van der Waals surface area contributed by atoms with Crippen LogP contribution < -0.4 is 5.59 Å². The first-order valence-electron chi connectivity index (χ1n) is 10.0. The van der Waals surface area contributed by atoms with Crippen molar-refractivity contribution in [2.24, 2.45) is 7.05 Å². The maximum atomic E-state index is 13.8. The Morgan fingerprint density at radius 2 is 1.84 bits per heavy atom. The Balaban J connectivity index is 1.45. The molecule has 3 heterocycles. The highest BCUT2D eigenvalue weighted by atomic mass is 19.2. The molecule has 0 spiro atoms. The van der Waals surface area contributed by atoms with Gasteiger partial charge in [0.1, 0.15) is 0 Å². The van der Waals surface area contributed by atoms with Gasteiger partial charge < -0.3 is 4.90 Å². The fraction of sp³-hybridized carbons (Fsp3) is 0.182. The van der Waals surface area contributed by atoms with Crippen LogP contribution in [0.1, 0.15) is 21.6 Å². The van der Waals surface area contributed by atoms with Crippen LogP contribution in [0.5, 0.6) is 0 Å². The summed E-state index contributed by atoms with van der Waals surface area (Å²) in [6, 6.07) is 7.14. The second-order valence-electron chi connectivity index (χ2n) is 7.84. The maximum Gasteiger partial charge on any atom is 0.254 e. The summed E-state index contributed by atoms with van der Waals surface area (Å²) in [7, 11) is 3.51. The minimum Gasteiger partial charge on any atom is -0.332 e. The van der Waals surface area contributed by atoms with E-state index in [-0.39, 0.29) is 18.0 Å². The van der Waals surface area contributed by atoms with Crippen LogP contribution in [-0.4, -0.2) is 44.9 Å². The molecule has 2 aromatic carbocycles. The molecule has 1 aliphatic heterocycles. The van der Waals surface area contributed by atoms with Gasteiger partial charge in [-0.3, -0.25) is 19.4 Å². The maximum absolute atomic E-state index is 13.8. The summed E-state index contributed by atoms with van der Waals surface area (Å²) in [5.74, 6) is -4.17. The molecule has 32 heavy (non-hydrogen) atoms. The van der Waals surface area contributed by atoms with Gasteiger partial charge >= 0.3 is 0 Å². The van der Waals surface area contributed by atoms with Crippen molar-refractivity contribution in [2.75, 3.05) is 6.54 Å². The number of halogens is 3. The van der Waals surface area contributed by atoms with E-state index in [0.717, 1.165) is 28.8 Å². The highest BCUT2D eigenvalue weighted by Gasteiger charge is 2.28. The smallest absolute Gasteiger partial charge is 0.254 e. The number of hydrogen-bond acceptors (Lipinski definition) is 4. The van der Waals surface area contributed by atoms with Crippen LogP contribution in [0.25, 0.3) is 22.3 Å². The van der Waals surface area contributed by atoms with Crippen LogP contribution in [0.4, 0.5) is 13.2 Å². The lowest BCUT2D eigenvalue weighted by Crippen LogP contribution is -2.36. The molecule has 0 bridgehead atoms. The van der Waals surface area contributed by atoms with Crippen molar-refractivity contribution in [3.8, 4) is 11.3 Å². The number of fused-ring (bicyclic) bond motifs is 2. The average Bonchev–Trinajstić information content (AvgIpc) is 3.11. The molecule has 1 amide bonds. The van der Waals surface area contributed by atoms with Gasteiger partial charge in [0, 0.05) is 42.1 Å². The first kappa shape index (κ1) is 20.2. The molecule has 10 heteroatoms. The molecule has 1 aliphatic rings. The topological polar surface area (TPSA) is 63.9 Å². The number of hydrogen-bond donors (Lipinski definition) is 0. The molecule has 0 atom stereocenters. The van der Waals surface area contributed by atoms with E-state index < -0.39 is 17.5 Å². The van der Waals surface area contributed by atoms with Gasteiger partial charge in [-0.2, -0.15) is 5.10 Å². The predicted octanol–water partition coefficient (Wildman–Crippen LogP) is 1.90. The van der Waals surface area contributed by atoms with Gasteiger partial charge in [0.05, 0.1) is 29.0 Å². The van der Waals surface area contributed by atoms with Crippen molar-refractivity contribution in [1.82, 2.24) is 24.6 Å². The number of benzene rings is 2. The van der Waals surface area contributed by atoms with Gasteiger partial charge in [-0.15, -0.1) is 0 Å². The predicted molar refractivity (Wildman–Crippen MR) is 115 cm³/mol. The van der Waals surface area contributed by atoms with E-state index in [1.165, 1.54) is 4.68 Å². The Kier molecular flexibility index (Phi) is 4.72. The SMILES string of the molecule is Bc1cnc2cc(C(=O)N3CCc4c(nn(C)c4-c4cc(F)c(F)c(F)c4)C3)ccc2n1. The normalized spacial score (nSPS) is 13.4. The molecular formula is C22H17BF3N5O. The summed E-state index contributed by atoms with van der Waals surface area (Å²) in [4.78, 5) is 23.5. The minimum absolute atomic E-state index is 0.161. The van der Waals surface area contributed by atoms with E-state index in [4.69, 9.17) is 0 Å². The van der Waals surface area contributed by atoms with Gasteiger partial charge in [-0.05, 0) is 36.8 Å². The lowest BCUT2D eigenvalue weighted by molar-refractivity contribution is 0.0732. The molecular weight excluding hydrogens is 418 g/mol. The monoisotopic (exact) mass is 435 g/mol. The lowest BCUT2D eigenvalue weighted by atomic mass is 9.99. The number of nitrogens with zero attached hydrogens (tertiary/aromatic N) is 5. The van der Waals surface area contributed by atoms with E-state index >= 15 is 0 Å². The van der Waals surface area contributed by atoms with E-state index in [2.05, 4.69) is 15.1 Å². The number of carbonyl (C=O) groups is 1. The summed E-state index contributed by atoms with van der Waals surface area (Å²) in [5, 5.41) is 4.46. The second-order valence-corrected chi connectivity index (χ2v) is 7.84. The summed E-state index contributed by atoms with van der Waals surface area (Å²) in [6.07, 6.45) is 2.11. The van der Waals surface area contributed by atoms with Crippen molar-refractivity contribution < 1.29 is 18.0 Å². The van der Waals surface area contributed by atoms with Gasteiger partial charge in [0.15, 0.2) is 25.3 Å². The van der Waals surface area contributed by atoms with Gasteiger partial charge in [0.25, 0.3) is 5.91 Å². The molecule has 0 fully saturated rings. The summed E-state index contributed by atoms with van der Waals surface area (Å²) in [6.45, 7) is 0.667. The van der Waals surface area contributed by atoms with Crippen molar-refractivity contribution in [1.29, 1.82) is 0 Å². The number of carbonyl (C=O) groups excluding carboxylic acids is 1. The number of amides is 1. The van der Waals surface area contributed by atoms with Gasteiger partial charge in [0.2, 0.25) is 0 Å². The fourth-order valence-corrected chi connectivity index (χ4v) is 4.17. The lowest BCUT2D eigenvalue weighted by Gasteiger charge is -2.26. The van der Waals surface area contributed by atoms with Crippen LogP contribution >= 0.6 is 0 Å². The minimum atomic E-state index is -1.50. The van der Waals surface area contributed by atoms with E-state index in [1.54, 1.807) is 36.3 Å². The van der Waals surface area contributed by atoms with E-state index in [0.29, 0.717) is 35.4 Å². The number of aryl methyl sites for hydroxylation is 1. The highest BCUT2D eigenvalue weighted by molar-refractivity contribution is 6.30. The fourth-order valence-electron chi connectivity index (χ4n) is 4.17. The molecule has 5 rings (SSSR count). The molecule has 4 aromatic rings. The Morgan fingerprint density at radius 1 is 1.09 bits per heavy atom. The van der Waals surface area contributed by atoms with Crippen molar-refractivity contribution in [3.63, 3.8) is 0 Å². The average molecular weight is 435 g/mol. The zero-order valence-corrected chi connectivity index (χ0v) is 17.4. The molecule has 0 N–H and O–H groups in total. The molecule has 0 unspecified atom stereocenters. The van der Waals surface area contributed by atoms with E-state index in [1.807, 2.05) is 7.85 Å². The van der Waals surface area contributed by atoms with Crippen molar-refractivity contribution in [3.05, 3.63) is 70.8 Å². The molecule has 0 saturated heterocycles. The Labute approximate surface area is 182 Å². The van der Waals surface area contributed by atoms with E-state index in [9.17, 15) is 18.0 Å². The third-order valence-electron chi connectivity index (χ3n) is 5.65. The number of aromatic nitrogens is 4. The quantitative estimate of drug-likeness (QED) is 0.357. The van der Waals surface area contributed by atoms with Crippen molar-refractivity contribution in [2.45, 2.75) is 13.0 Å². The molecule has 0 saturated carbocycles. The first-order valence-corrected chi connectivity index (χ1v) is 10.0. The third-order valence-corrected chi connectivity index (χ3v) is 5.65. The van der Waals surface area contributed by atoms with Crippen molar-refractivity contribution >= 4 is 30.4 Å². The first-order chi connectivity index (χ1) is 15.3. The van der Waals surface area contributed by atoms with Gasteiger partial charge in [-0.1, -0.05) is 0 Å². The van der Waals surface area contributed by atoms with Crippen LogP contribution in [-0.2, 0) is 20.0 Å². The summed E-state index contributed by atoms with van der Waals surface area (Å²) < 4.78 is 42.5. The zero-order valence-electron chi connectivity index (χ0n) is 17.4. The van der Waals surface area contributed by atoms with Crippen LogP contribution in [0.15, 0.2) is 36.5 Å². The Morgan fingerprint density at radius 3 is 2.59 bits per heavy atom. The largest absolute Gasteiger partial charge is 0.332 e. The third kappa shape index (κ3) is 3.32. The van der Waals surface area contributed by atoms with Crippen LogP contribution in [0.2, 0.25) is 0 Å². The summed E-state index contributed by atoms with van der Waals surface area (Å²) >= 11 is 0. The molecule has 2 aromatic heterocycles. The molecule has 6 nitrogen and oxygen atoms in total. The highest BCUT2D eigenvalue weighted by Crippen LogP contribution is 2.32. The number of rotatable bonds is 2. The van der Waals surface area contributed by atoms with Crippen LogP contribution in [0.3, 0.4) is 0 Å². The molecule has 160 valence electrons. The van der Waals surface area contributed by atoms with Gasteiger partial charge in [-0.25, -0.2) is 13.2 Å². The Bertz CT molecular complexity index is 1380. The standard InChI is InChI=1S/C22H17BF3N5O/c1-30-21(12-6-14(24)20(26)15(25)7-12)13-4-5-31(10-18(13)29-30)22(32)11-2-3-16-17(8-11)27-9-19(23)28-16/h2-3,6-9H,4-5,10,23H2,1H3. The summed E-state index contributed by atoms with van der Waals surface area (Å²) in [5.41, 5.74) is 4.81. The zero-order chi connectivity index (χ0) is 22.6. The Hall–Kier alpha value is -3.69. The molecule has 0 aliphatic carbocycles.